The third kappa shape index (κ3) is 2.01. The topological polar surface area (TPSA) is 49.9 Å². The first-order valence-corrected chi connectivity index (χ1v) is 6.61. The van der Waals surface area contributed by atoms with E-state index in [1.807, 2.05) is 60.7 Å². The molecule has 0 aliphatic rings. The molecular weight excluding hydrogens is 203 g/mol. The Hall–Kier alpha value is -1.37. The summed E-state index contributed by atoms with van der Waals surface area (Å²) in [4.78, 5) is 0. The minimum Gasteiger partial charge on any atom is -0.295 e. The third-order valence-electron chi connectivity index (χ3n) is 2.33. The van der Waals surface area contributed by atoms with Crippen LogP contribution in [0.4, 0.5) is 0 Å². The number of hydrogen-bond acceptors (Lipinski definition) is 1. The SMILES string of the molecule is N=P(N)(c1ccccc1)c1ccccc1. The van der Waals surface area contributed by atoms with Gasteiger partial charge in [-0.25, -0.2) is 0 Å². The zero-order valence-corrected chi connectivity index (χ0v) is 9.19. The number of hydrogen-bond donors (Lipinski definition) is 2. The molecule has 3 N–H and O–H groups in total. The molecule has 2 rings (SSSR count). The summed E-state index contributed by atoms with van der Waals surface area (Å²) in [7, 11) is -2.40. The smallest absolute Gasteiger partial charge is 0.0803 e. The van der Waals surface area contributed by atoms with Crippen molar-refractivity contribution in [3.63, 3.8) is 0 Å². The van der Waals surface area contributed by atoms with Crippen LogP contribution in [0.1, 0.15) is 0 Å². The third-order valence-corrected chi connectivity index (χ3v) is 4.55. The highest BCUT2D eigenvalue weighted by atomic mass is 31.2. The quantitative estimate of drug-likeness (QED) is 0.743. The van der Waals surface area contributed by atoms with Gasteiger partial charge >= 0.3 is 0 Å². The van der Waals surface area contributed by atoms with Crippen molar-refractivity contribution >= 4 is 17.8 Å². The van der Waals surface area contributed by atoms with Crippen molar-refractivity contribution in [2.75, 3.05) is 0 Å². The van der Waals surface area contributed by atoms with E-state index < -0.39 is 7.21 Å². The van der Waals surface area contributed by atoms with E-state index in [0.29, 0.717) is 0 Å². The molecule has 0 bridgehead atoms. The van der Waals surface area contributed by atoms with E-state index in [9.17, 15) is 0 Å². The second kappa shape index (κ2) is 4.01. The molecule has 0 amide bonds. The van der Waals surface area contributed by atoms with Crippen LogP contribution in [0.3, 0.4) is 0 Å². The highest BCUT2D eigenvalue weighted by Crippen LogP contribution is 2.34. The van der Waals surface area contributed by atoms with E-state index in [-0.39, 0.29) is 0 Å². The van der Waals surface area contributed by atoms with Crippen LogP contribution in [0.25, 0.3) is 0 Å². The highest BCUT2D eigenvalue weighted by Gasteiger charge is 2.15. The first-order valence-electron chi connectivity index (χ1n) is 4.75. The number of nitrogens with one attached hydrogen (secondary N) is 1. The van der Waals surface area contributed by atoms with Crippen LogP contribution in [0, 0.1) is 5.16 Å². The van der Waals surface area contributed by atoms with E-state index in [4.69, 9.17) is 10.7 Å². The van der Waals surface area contributed by atoms with Crippen molar-refractivity contribution in [3.05, 3.63) is 60.7 Å². The average Bonchev–Trinajstić information content (AvgIpc) is 2.31. The zero-order valence-electron chi connectivity index (χ0n) is 8.30. The van der Waals surface area contributed by atoms with Crippen molar-refractivity contribution in [2.45, 2.75) is 0 Å². The largest absolute Gasteiger partial charge is 0.295 e. The summed E-state index contributed by atoms with van der Waals surface area (Å²) in [6, 6.07) is 19.3. The Morgan fingerprint density at radius 3 is 1.40 bits per heavy atom. The maximum absolute atomic E-state index is 8.30. The van der Waals surface area contributed by atoms with Gasteiger partial charge in [0.1, 0.15) is 0 Å². The molecule has 0 aromatic heterocycles. The molecule has 0 atom stereocenters. The maximum Gasteiger partial charge on any atom is 0.0803 e. The summed E-state index contributed by atoms with van der Waals surface area (Å²) in [5, 5.41) is 10.1. The van der Waals surface area contributed by atoms with Crippen LogP contribution >= 0.6 is 7.21 Å². The van der Waals surface area contributed by atoms with E-state index in [2.05, 4.69) is 0 Å². The molecule has 0 fully saturated rings. The van der Waals surface area contributed by atoms with E-state index in [1.54, 1.807) is 0 Å². The molecule has 2 aromatic rings. The Labute approximate surface area is 89.7 Å². The summed E-state index contributed by atoms with van der Waals surface area (Å²) in [5.41, 5.74) is 6.14. The first kappa shape index (κ1) is 10.2. The lowest BCUT2D eigenvalue weighted by molar-refractivity contribution is 1.55. The van der Waals surface area contributed by atoms with Gasteiger partial charge in [-0.15, -0.1) is 0 Å². The van der Waals surface area contributed by atoms with Gasteiger partial charge in [-0.1, -0.05) is 60.7 Å². The van der Waals surface area contributed by atoms with Crippen molar-refractivity contribution in [1.82, 2.24) is 0 Å². The fourth-order valence-electron chi connectivity index (χ4n) is 1.48. The minimum absolute atomic E-state index is 0.913. The monoisotopic (exact) mass is 216 g/mol. The van der Waals surface area contributed by atoms with Gasteiger partial charge in [-0.2, -0.15) is 0 Å². The lowest BCUT2D eigenvalue weighted by Gasteiger charge is -2.17. The number of benzene rings is 2. The molecule has 15 heavy (non-hydrogen) atoms. The Morgan fingerprint density at radius 1 is 0.733 bits per heavy atom. The molecule has 2 aromatic carbocycles. The summed E-state index contributed by atoms with van der Waals surface area (Å²) in [6.45, 7) is 0. The Kier molecular flexibility index (Phi) is 2.72. The van der Waals surface area contributed by atoms with E-state index in [1.165, 1.54) is 0 Å². The van der Waals surface area contributed by atoms with E-state index >= 15 is 0 Å². The van der Waals surface area contributed by atoms with Gasteiger partial charge in [-0.05, 0) is 0 Å². The Bertz CT molecular complexity index is 436. The molecule has 0 aliphatic heterocycles. The predicted octanol–water partition coefficient (Wildman–Crippen LogP) is 2.29. The van der Waals surface area contributed by atoms with Gasteiger partial charge < -0.3 is 0 Å². The second-order valence-corrected chi connectivity index (χ2v) is 5.87. The van der Waals surface area contributed by atoms with Crippen molar-refractivity contribution in [1.29, 1.82) is 5.16 Å². The predicted molar refractivity (Wildman–Crippen MR) is 66.0 cm³/mol. The lowest BCUT2D eigenvalue weighted by atomic mass is 10.4. The Morgan fingerprint density at radius 2 is 1.07 bits per heavy atom. The minimum atomic E-state index is -2.40. The molecule has 2 nitrogen and oxygen atoms in total. The summed E-state index contributed by atoms with van der Waals surface area (Å²) in [5.74, 6) is 0. The van der Waals surface area contributed by atoms with Crippen LogP contribution in [0.15, 0.2) is 60.7 Å². The summed E-state index contributed by atoms with van der Waals surface area (Å²) in [6.07, 6.45) is 0. The van der Waals surface area contributed by atoms with Crippen LogP contribution < -0.4 is 16.1 Å². The summed E-state index contributed by atoms with van der Waals surface area (Å²) < 4.78 is 0. The molecule has 0 heterocycles. The fraction of sp³-hybridized carbons (Fsp3) is 0. The van der Waals surface area contributed by atoms with Gasteiger partial charge in [0.25, 0.3) is 0 Å². The van der Waals surface area contributed by atoms with Gasteiger partial charge in [0.2, 0.25) is 0 Å². The van der Waals surface area contributed by atoms with Crippen molar-refractivity contribution in [2.24, 2.45) is 5.50 Å². The van der Waals surface area contributed by atoms with Gasteiger partial charge in [0.05, 0.1) is 7.21 Å². The Balaban J connectivity index is 2.50. The molecule has 0 aliphatic carbocycles. The van der Waals surface area contributed by atoms with Gasteiger partial charge in [-0.3, -0.25) is 10.7 Å². The fourth-order valence-corrected chi connectivity index (χ4v) is 3.06. The van der Waals surface area contributed by atoms with Crippen LogP contribution in [-0.4, -0.2) is 0 Å². The molecule has 0 unspecified atom stereocenters. The summed E-state index contributed by atoms with van der Waals surface area (Å²) >= 11 is 0. The van der Waals surface area contributed by atoms with Crippen LogP contribution in [-0.2, 0) is 0 Å². The van der Waals surface area contributed by atoms with Gasteiger partial charge in [0, 0.05) is 10.6 Å². The normalized spacial score (nSPS) is 11.3. The highest BCUT2D eigenvalue weighted by molar-refractivity contribution is 7.77. The van der Waals surface area contributed by atoms with Crippen molar-refractivity contribution < 1.29 is 0 Å². The first-order chi connectivity index (χ1) is 7.21. The molecule has 3 heteroatoms. The van der Waals surface area contributed by atoms with Crippen molar-refractivity contribution in [3.8, 4) is 0 Å². The maximum atomic E-state index is 8.30. The lowest BCUT2D eigenvalue weighted by Crippen LogP contribution is -2.21. The molecular formula is C12H13N2P. The zero-order chi connectivity index (χ0) is 10.7. The molecule has 76 valence electrons. The van der Waals surface area contributed by atoms with Gasteiger partial charge in [0.15, 0.2) is 0 Å². The molecule has 0 radical (unpaired) electrons. The van der Waals surface area contributed by atoms with Crippen LogP contribution in [0.5, 0.6) is 0 Å². The number of nitrogens with two attached hydrogens (primary N) is 1. The number of rotatable bonds is 2. The molecule has 0 saturated carbocycles. The molecule has 0 spiro atoms. The van der Waals surface area contributed by atoms with Crippen LogP contribution in [0.2, 0.25) is 0 Å². The average molecular weight is 216 g/mol. The second-order valence-electron chi connectivity index (χ2n) is 3.39. The molecule has 0 saturated heterocycles. The standard InChI is InChI=1S/C12H13N2P/c13-15(14,11-7-3-1-4-8-11)12-9-5-2-6-10-12/h1-10H,(H3,13,14). The van der Waals surface area contributed by atoms with E-state index in [0.717, 1.165) is 10.6 Å².